The molecule has 0 spiro atoms. The fraction of sp³-hybridized carbons (Fsp3) is 0.250. The second-order valence-corrected chi connectivity index (χ2v) is 5.36. The molecule has 1 aromatic heterocycles. The predicted octanol–water partition coefficient (Wildman–Crippen LogP) is 2.35. The fourth-order valence-corrected chi connectivity index (χ4v) is 2.81. The smallest absolute Gasteiger partial charge is 0.357 e. The third-order valence-corrected chi connectivity index (χ3v) is 3.86. The number of carbonyl (C=O) groups excluding carboxylic acids is 2. The Kier molecular flexibility index (Phi) is 4.04. The molecule has 126 valence electrons. The number of nitrogens with one attached hydrogen (secondary N) is 2. The average Bonchev–Trinajstić information content (AvgIpc) is 3.07. The largest absolute Gasteiger partial charge is 0.416 e. The molecule has 8 heteroatoms. The van der Waals surface area contributed by atoms with Crippen molar-refractivity contribution in [3.05, 3.63) is 59.4 Å². The second kappa shape index (κ2) is 6.03. The standard InChI is InChI=1S/C16H14F3N3O2/c17-16(18,19)11-5-2-1-4-10(11)13-14(23)21-8-9-22(13)15(24)12-6-3-7-20-12/h1-7,13,20H,8-9H2,(H,21,23)/t13-/m0/s1. The van der Waals surface area contributed by atoms with Crippen LogP contribution in [-0.2, 0) is 11.0 Å². The molecule has 0 saturated carbocycles. The van der Waals surface area contributed by atoms with Crippen LogP contribution in [0.15, 0.2) is 42.6 Å². The van der Waals surface area contributed by atoms with Gasteiger partial charge in [-0.1, -0.05) is 18.2 Å². The maximum atomic E-state index is 13.3. The number of aromatic nitrogens is 1. The first-order valence-electron chi connectivity index (χ1n) is 7.28. The molecule has 0 unspecified atom stereocenters. The first kappa shape index (κ1) is 16.1. The maximum Gasteiger partial charge on any atom is 0.416 e. The molecule has 1 saturated heterocycles. The molecule has 1 atom stereocenters. The third kappa shape index (κ3) is 2.86. The molecule has 3 rings (SSSR count). The van der Waals surface area contributed by atoms with E-state index in [-0.39, 0.29) is 24.3 Å². The first-order valence-corrected chi connectivity index (χ1v) is 7.28. The summed E-state index contributed by atoms with van der Waals surface area (Å²) in [6, 6.07) is 6.61. The highest BCUT2D eigenvalue weighted by molar-refractivity contribution is 5.97. The van der Waals surface area contributed by atoms with Gasteiger partial charge in [-0.15, -0.1) is 0 Å². The van der Waals surface area contributed by atoms with Crippen LogP contribution >= 0.6 is 0 Å². The zero-order chi connectivity index (χ0) is 17.3. The monoisotopic (exact) mass is 337 g/mol. The third-order valence-electron chi connectivity index (χ3n) is 3.86. The molecule has 1 fully saturated rings. The fourth-order valence-electron chi connectivity index (χ4n) is 2.81. The zero-order valence-corrected chi connectivity index (χ0v) is 12.4. The summed E-state index contributed by atoms with van der Waals surface area (Å²) < 4.78 is 39.9. The molecular weight excluding hydrogens is 323 g/mol. The van der Waals surface area contributed by atoms with Gasteiger partial charge in [0.1, 0.15) is 11.7 Å². The summed E-state index contributed by atoms with van der Waals surface area (Å²) in [5.74, 6) is -1.14. The van der Waals surface area contributed by atoms with Crippen LogP contribution in [-0.4, -0.2) is 34.8 Å². The lowest BCUT2D eigenvalue weighted by molar-refractivity contribution is -0.139. The Hall–Kier alpha value is -2.77. The number of hydrogen-bond acceptors (Lipinski definition) is 2. The molecular formula is C16H14F3N3O2. The lowest BCUT2D eigenvalue weighted by atomic mass is 9.96. The van der Waals surface area contributed by atoms with Crippen LogP contribution in [0.2, 0.25) is 0 Å². The normalized spacial score (nSPS) is 18.4. The van der Waals surface area contributed by atoms with E-state index in [4.69, 9.17) is 0 Å². The van der Waals surface area contributed by atoms with Crippen molar-refractivity contribution in [2.75, 3.05) is 13.1 Å². The van der Waals surface area contributed by atoms with Crippen molar-refractivity contribution >= 4 is 11.8 Å². The van der Waals surface area contributed by atoms with E-state index in [0.717, 1.165) is 11.0 Å². The highest BCUT2D eigenvalue weighted by atomic mass is 19.4. The number of piperazine rings is 1. The SMILES string of the molecule is O=C1NCCN(C(=O)c2ccc[nH]2)[C@H]1c1ccccc1C(F)(F)F. The van der Waals surface area contributed by atoms with Gasteiger partial charge < -0.3 is 15.2 Å². The summed E-state index contributed by atoms with van der Waals surface area (Å²) in [6.45, 7) is 0.316. The highest BCUT2D eigenvalue weighted by Crippen LogP contribution is 2.37. The van der Waals surface area contributed by atoms with E-state index < -0.39 is 29.6 Å². The number of alkyl halides is 3. The van der Waals surface area contributed by atoms with Gasteiger partial charge in [-0.3, -0.25) is 9.59 Å². The molecule has 1 aliphatic heterocycles. The van der Waals surface area contributed by atoms with E-state index in [1.165, 1.54) is 30.5 Å². The molecule has 1 aromatic carbocycles. The summed E-state index contributed by atoms with van der Waals surface area (Å²) in [4.78, 5) is 28.7. The van der Waals surface area contributed by atoms with Gasteiger partial charge in [-0.05, 0) is 23.8 Å². The van der Waals surface area contributed by atoms with E-state index in [1.54, 1.807) is 6.07 Å². The van der Waals surface area contributed by atoms with Gasteiger partial charge >= 0.3 is 6.18 Å². The highest BCUT2D eigenvalue weighted by Gasteiger charge is 2.41. The van der Waals surface area contributed by atoms with Crippen LogP contribution in [0.5, 0.6) is 0 Å². The molecule has 2 aromatic rings. The number of benzene rings is 1. The van der Waals surface area contributed by atoms with E-state index in [2.05, 4.69) is 10.3 Å². The van der Waals surface area contributed by atoms with E-state index in [1.807, 2.05) is 0 Å². The van der Waals surface area contributed by atoms with Crippen molar-refractivity contribution in [2.24, 2.45) is 0 Å². The molecule has 0 aliphatic carbocycles. The average molecular weight is 337 g/mol. The van der Waals surface area contributed by atoms with Gasteiger partial charge in [-0.25, -0.2) is 0 Å². The van der Waals surface area contributed by atoms with Crippen LogP contribution < -0.4 is 5.32 Å². The lowest BCUT2D eigenvalue weighted by Gasteiger charge is -2.36. The van der Waals surface area contributed by atoms with Crippen molar-refractivity contribution in [3.63, 3.8) is 0 Å². The molecule has 24 heavy (non-hydrogen) atoms. The summed E-state index contributed by atoms with van der Waals surface area (Å²) >= 11 is 0. The summed E-state index contributed by atoms with van der Waals surface area (Å²) in [7, 11) is 0. The maximum absolute atomic E-state index is 13.3. The van der Waals surface area contributed by atoms with Gasteiger partial charge in [0.2, 0.25) is 5.91 Å². The number of rotatable bonds is 2. The van der Waals surface area contributed by atoms with Gasteiger partial charge in [0.05, 0.1) is 5.56 Å². The minimum atomic E-state index is -4.62. The van der Waals surface area contributed by atoms with Crippen molar-refractivity contribution in [2.45, 2.75) is 12.2 Å². The Bertz CT molecular complexity index is 756. The van der Waals surface area contributed by atoms with E-state index in [9.17, 15) is 22.8 Å². The van der Waals surface area contributed by atoms with Crippen molar-refractivity contribution < 1.29 is 22.8 Å². The molecule has 5 nitrogen and oxygen atoms in total. The minimum absolute atomic E-state index is 0.125. The van der Waals surface area contributed by atoms with E-state index in [0.29, 0.717) is 0 Å². The Morgan fingerprint density at radius 2 is 1.92 bits per heavy atom. The van der Waals surface area contributed by atoms with Crippen molar-refractivity contribution in [1.29, 1.82) is 0 Å². The number of H-pyrrole nitrogens is 1. The van der Waals surface area contributed by atoms with Crippen LogP contribution in [0.25, 0.3) is 0 Å². The molecule has 2 heterocycles. The number of aromatic amines is 1. The summed E-state index contributed by atoms with van der Waals surface area (Å²) in [6.07, 6.45) is -3.08. The van der Waals surface area contributed by atoms with Gasteiger partial charge in [0.25, 0.3) is 5.91 Å². The lowest BCUT2D eigenvalue weighted by Crippen LogP contribution is -2.52. The molecule has 0 radical (unpaired) electrons. The number of amides is 2. The zero-order valence-electron chi connectivity index (χ0n) is 12.4. The Labute approximate surface area is 135 Å². The molecule has 1 aliphatic rings. The first-order chi connectivity index (χ1) is 11.4. The van der Waals surface area contributed by atoms with Gasteiger partial charge in [-0.2, -0.15) is 13.2 Å². The summed E-state index contributed by atoms with van der Waals surface area (Å²) in [5, 5.41) is 2.53. The second-order valence-electron chi connectivity index (χ2n) is 5.36. The number of hydrogen-bond donors (Lipinski definition) is 2. The Morgan fingerprint density at radius 1 is 1.17 bits per heavy atom. The van der Waals surface area contributed by atoms with Crippen LogP contribution in [0.3, 0.4) is 0 Å². The number of nitrogens with zero attached hydrogens (tertiary/aromatic N) is 1. The van der Waals surface area contributed by atoms with Crippen molar-refractivity contribution in [1.82, 2.24) is 15.2 Å². The van der Waals surface area contributed by atoms with Crippen LogP contribution in [0.1, 0.15) is 27.7 Å². The minimum Gasteiger partial charge on any atom is -0.357 e. The quantitative estimate of drug-likeness (QED) is 0.883. The van der Waals surface area contributed by atoms with E-state index >= 15 is 0 Å². The van der Waals surface area contributed by atoms with Gasteiger partial charge in [0, 0.05) is 19.3 Å². The molecule has 2 amide bonds. The van der Waals surface area contributed by atoms with Gasteiger partial charge in [0.15, 0.2) is 0 Å². The van der Waals surface area contributed by atoms with Crippen LogP contribution in [0.4, 0.5) is 13.2 Å². The summed E-state index contributed by atoms with van der Waals surface area (Å²) in [5.41, 5.74) is -0.933. The van der Waals surface area contributed by atoms with Crippen molar-refractivity contribution in [3.8, 4) is 0 Å². The topological polar surface area (TPSA) is 65.2 Å². The number of halogens is 3. The Morgan fingerprint density at radius 3 is 2.58 bits per heavy atom. The predicted molar refractivity (Wildman–Crippen MR) is 79.0 cm³/mol. The molecule has 0 bridgehead atoms. The molecule has 2 N–H and O–H groups in total. The Balaban J connectivity index is 2.06. The van der Waals surface area contributed by atoms with Crippen LogP contribution in [0, 0.1) is 0 Å². The number of carbonyl (C=O) groups is 2.